The minimum atomic E-state index is -0.353. The van der Waals surface area contributed by atoms with Crippen molar-refractivity contribution in [1.29, 1.82) is 0 Å². The Labute approximate surface area is 468 Å². The van der Waals surface area contributed by atoms with Gasteiger partial charge in [-0.25, -0.2) is 0 Å². The van der Waals surface area contributed by atoms with E-state index in [0.29, 0.717) is 19.8 Å². The number of fused-ring (bicyclic) bond motifs is 6. The summed E-state index contributed by atoms with van der Waals surface area (Å²) < 4.78 is 10.4. The van der Waals surface area contributed by atoms with Gasteiger partial charge in [-0.05, 0) is 98.7 Å². The van der Waals surface area contributed by atoms with Gasteiger partial charge in [0.25, 0.3) is 23.6 Å². The van der Waals surface area contributed by atoms with Gasteiger partial charge in [0.2, 0.25) is 11.8 Å². The van der Waals surface area contributed by atoms with Crippen molar-refractivity contribution in [2.75, 3.05) is 39.9 Å². The number of rotatable bonds is 13. The largest absolute Gasteiger partial charge is 0.465 e. The van der Waals surface area contributed by atoms with E-state index in [1.165, 1.54) is 89.7 Å². The fourth-order valence-corrected chi connectivity index (χ4v) is 7.42. The number of carbonyl (C=O) groups excluding carboxylic acids is 8. The summed E-state index contributed by atoms with van der Waals surface area (Å²) >= 11 is 17.6. The molecule has 400 valence electrons. The molecule has 0 aromatic heterocycles. The van der Waals surface area contributed by atoms with Crippen molar-refractivity contribution in [1.82, 2.24) is 20.4 Å². The average molecular weight is 1170 g/mol. The van der Waals surface area contributed by atoms with Crippen molar-refractivity contribution in [2.24, 2.45) is 0 Å². The molecule has 22 heteroatoms. The predicted octanol–water partition coefficient (Wildman–Crippen LogP) is 10.9. The van der Waals surface area contributed by atoms with Crippen molar-refractivity contribution < 1.29 is 47.8 Å². The maximum atomic E-state index is 11.0. The Morgan fingerprint density at radius 2 is 0.773 bits per heavy atom. The summed E-state index contributed by atoms with van der Waals surface area (Å²) in [5, 5.41) is 5.00. The van der Waals surface area contributed by atoms with E-state index in [2.05, 4.69) is 106 Å². The molecule has 14 nitrogen and oxygen atoms in total. The van der Waals surface area contributed by atoms with Crippen LogP contribution in [0.3, 0.4) is 0 Å². The van der Waals surface area contributed by atoms with Gasteiger partial charge in [-0.15, -0.1) is 0 Å². The van der Waals surface area contributed by atoms with Crippen LogP contribution >= 0.6 is 28.2 Å². The summed E-state index contributed by atoms with van der Waals surface area (Å²) in [6, 6.07) is 33.3. The van der Waals surface area contributed by atoms with E-state index in [4.69, 9.17) is 9.47 Å². The van der Waals surface area contributed by atoms with Gasteiger partial charge >= 0.3 is 11.9 Å². The van der Waals surface area contributed by atoms with E-state index >= 15 is 0 Å². The molecule has 2 aliphatic carbocycles. The Balaban J connectivity index is 0.000000917. The first-order valence-electron chi connectivity index (χ1n) is 22.6. The maximum absolute atomic E-state index is 11.0. The van der Waals surface area contributed by atoms with Crippen molar-refractivity contribution in [3.63, 3.8) is 0 Å². The minimum absolute atomic E-state index is 0. The summed E-state index contributed by atoms with van der Waals surface area (Å²) in [5.41, 5.74) is 10.0. The second-order valence-electron chi connectivity index (χ2n) is 14.8. The Morgan fingerprint density at radius 3 is 1.01 bits per heavy atom. The average Bonchev–Trinajstić information content (AvgIpc) is 4.13. The van der Waals surface area contributed by atoms with E-state index in [1.807, 2.05) is 69.3 Å². The molecule has 6 amide bonds. The van der Waals surface area contributed by atoms with Crippen LogP contribution in [0.1, 0.15) is 96.4 Å². The van der Waals surface area contributed by atoms with Gasteiger partial charge in [-0.3, -0.25) is 48.2 Å². The molecule has 2 N–H and O–H groups in total. The first-order valence-corrected chi connectivity index (χ1v) is 31.7. The van der Waals surface area contributed by atoms with Gasteiger partial charge in [-0.2, -0.15) is 0 Å². The number of ether oxygens (including phenoxy) is 2. The zero-order valence-electron chi connectivity index (χ0n) is 41.1. The van der Waals surface area contributed by atoms with E-state index in [1.54, 1.807) is 0 Å². The number of hydrogen-bond acceptors (Lipinski definition) is 14. The summed E-state index contributed by atoms with van der Waals surface area (Å²) in [6.45, 7) is 10.4. The van der Waals surface area contributed by atoms with Crippen LogP contribution in [0.5, 0.6) is 0 Å². The molecular formula is C53H64N4O10P4S4. The van der Waals surface area contributed by atoms with Gasteiger partial charge in [-0.1, -0.05) is 126 Å². The lowest BCUT2D eigenvalue weighted by molar-refractivity contribution is -0.142. The van der Waals surface area contributed by atoms with Crippen LogP contribution in [0.15, 0.2) is 121 Å². The highest BCUT2D eigenvalue weighted by Crippen LogP contribution is 2.45. The van der Waals surface area contributed by atoms with Crippen molar-refractivity contribution in [2.45, 2.75) is 74.1 Å². The number of amides is 6. The molecule has 8 rings (SSSR count). The molecule has 0 atom stereocenters. The lowest BCUT2D eigenvalue weighted by atomic mass is 9.98. The lowest BCUT2D eigenvalue weighted by Gasteiger charge is -2.12. The SMILES string of the molecule is C.C.CC.CC(=O)OCC1c2ccccc2-c2ccccc21.CC(=O)OCC1c2ccccc2-c2ccccc21.CCNC(=O)CCN1C(=O)C=CC1=O.CNC(=O)CCN1C(=O)C=CC1=O.S=PP=S.S=PP=S. The highest BCUT2D eigenvalue weighted by molar-refractivity contribution is 8.41. The predicted molar refractivity (Wildman–Crippen MR) is 316 cm³/mol. The topological polar surface area (TPSA) is 186 Å². The number of carbonyl (C=O) groups is 8. The highest BCUT2D eigenvalue weighted by atomic mass is 32.7. The number of imide groups is 2. The smallest absolute Gasteiger partial charge is 0.302 e. The molecule has 4 aromatic carbocycles. The molecule has 0 saturated heterocycles. The Hall–Kier alpha value is -5.40. The highest BCUT2D eigenvalue weighted by Gasteiger charge is 2.30. The number of hydrogen-bond donors (Lipinski definition) is 2. The standard InChI is InChI=1S/2C16H14O2.C9H12N2O3.C8H10N2O3.C2H6.2CH4.2P2S2/c2*1-11(17)18-10-16-14-8-4-2-6-12(14)13-7-3-5-9-15(13)16;1-2-10-7(12)5-6-11-8(13)3-4-9(11)14;1-9-6(11)4-5-10-7(12)2-3-8(10)13;1-2;;;2*3-1-2-4/h2*2-9,16H,10H2,1H3;3-4H,2,5-6H2,1H3,(H,10,12);2-3H,4-5H2,1H3,(H,9,11);1-2H3;2*1H4;;. The first-order chi connectivity index (χ1) is 35.2. The number of esters is 2. The molecule has 0 unspecified atom stereocenters. The third-order valence-corrected chi connectivity index (χ3v) is 15.8. The molecule has 0 radical (unpaired) electrons. The fourth-order valence-electron chi connectivity index (χ4n) is 7.42. The van der Waals surface area contributed by atoms with Crippen LogP contribution in [0.4, 0.5) is 0 Å². The summed E-state index contributed by atoms with van der Waals surface area (Å²) in [6.07, 6.45) is 5.13. The fraction of sp³-hybridized carbons (Fsp3) is 0.321. The Bertz CT molecular complexity index is 2430. The molecule has 4 aliphatic rings. The van der Waals surface area contributed by atoms with Crippen molar-refractivity contribution >= 4 is 123 Å². The quantitative estimate of drug-likeness (QED) is 0.0732. The van der Waals surface area contributed by atoms with Gasteiger partial charge < -0.3 is 20.1 Å². The third kappa shape index (κ3) is 22.8. The maximum Gasteiger partial charge on any atom is 0.302 e. The lowest BCUT2D eigenvalue weighted by Crippen LogP contribution is -2.34. The van der Waals surface area contributed by atoms with Crippen LogP contribution in [-0.2, 0) is 95.1 Å². The molecule has 75 heavy (non-hydrogen) atoms. The molecular weight excluding hydrogens is 1100 g/mol. The normalized spacial score (nSPS) is 12.7. The number of nitrogens with one attached hydrogen (secondary N) is 2. The minimum Gasteiger partial charge on any atom is -0.465 e. The van der Waals surface area contributed by atoms with Crippen LogP contribution < -0.4 is 10.6 Å². The molecule has 2 heterocycles. The third-order valence-electron chi connectivity index (χ3n) is 10.5. The second kappa shape index (κ2) is 39.0. The first kappa shape index (κ1) is 69.6. The monoisotopic (exact) mass is 1170 g/mol. The zero-order chi connectivity index (χ0) is 54.3. The van der Waals surface area contributed by atoms with Gasteiger partial charge in [0.1, 0.15) is 13.2 Å². The molecule has 4 aromatic rings. The van der Waals surface area contributed by atoms with Crippen LogP contribution in [0, 0.1) is 0 Å². The van der Waals surface area contributed by atoms with Gasteiger partial charge in [0.15, 0.2) is 0 Å². The molecule has 0 fully saturated rings. The Morgan fingerprint density at radius 1 is 0.507 bits per heavy atom. The van der Waals surface area contributed by atoms with E-state index < -0.39 is 0 Å². The van der Waals surface area contributed by atoms with E-state index in [-0.39, 0.29) is 100 Å². The van der Waals surface area contributed by atoms with E-state index in [9.17, 15) is 38.4 Å². The van der Waals surface area contributed by atoms with Crippen molar-refractivity contribution in [3.8, 4) is 22.3 Å². The molecule has 2 aliphatic heterocycles. The molecule has 0 saturated carbocycles. The summed E-state index contributed by atoms with van der Waals surface area (Å²) in [4.78, 5) is 90.0. The Kier molecular flexibility index (Phi) is 36.2. The molecule has 0 bridgehead atoms. The van der Waals surface area contributed by atoms with Gasteiger partial charge in [0, 0.05) is 118 Å². The van der Waals surface area contributed by atoms with Crippen LogP contribution in [0.2, 0.25) is 0 Å². The summed E-state index contributed by atoms with van der Waals surface area (Å²) in [7, 11) is 4.98. The van der Waals surface area contributed by atoms with Crippen molar-refractivity contribution in [3.05, 3.63) is 144 Å². The van der Waals surface area contributed by atoms with Gasteiger partial charge in [0.05, 0.1) is 0 Å². The summed E-state index contributed by atoms with van der Waals surface area (Å²) in [5.74, 6) is -1.86. The van der Waals surface area contributed by atoms with E-state index in [0.717, 1.165) is 38.0 Å². The number of nitrogens with zero attached hydrogens (tertiary/aromatic N) is 2. The van der Waals surface area contributed by atoms with Crippen LogP contribution in [-0.4, -0.2) is 97.1 Å². The zero-order valence-corrected chi connectivity index (χ0v) is 47.9. The van der Waals surface area contributed by atoms with Crippen LogP contribution in [0.25, 0.3) is 22.3 Å². The molecule has 0 spiro atoms. The second-order valence-corrected chi connectivity index (χ2v) is 23.3. The number of benzene rings is 4.